The molecule has 0 saturated carbocycles. The minimum Gasteiger partial charge on any atom is -0.362 e. The van der Waals surface area contributed by atoms with Crippen molar-refractivity contribution in [2.75, 3.05) is 0 Å². The standard InChI is InChI=1S/C8H16N2/c1-2-3-4-5-6-7-8-10-9/h8H,2-7H2,1H3. The summed E-state index contributed by atoms with van der Waals surface area (Å²) in [5.74, 6) is 0. The van der Waals surface area contributed by atoms with Crippen LogP contribution < -0.4 is 0 Å². The first-order chi connectivity index (χ1) is 4.91. The van der Waals surface area contributed by atoms with Crippen molar-refractivity contribution in [3.05, 3.63) is 5.53 Å². The monoisotopic (exact) mass is 140 g/mol. The van der Waals surface area contributed by atoms with Crippen molar-refractivity contribution >= 4 is 6.21 Å². The summed E-state index contributed by atoms with van der Waals surface area (Å²) in [4.78, 5) is 2.93. The predicted octanol–water partition coefficient (Wildman–Crippen LogP) is 2.65. The van der Waals surface area contributed by atoms with Gasteiger partial charge in [0.05, 0.1) is 0 Å². The topological polar surface area (TPSA) is 36.4 Å². The fraction of sp³-hybridized carbons (Fsp3) is 0.875. The van der Waals surface area contributed by atoms with E-state index in [1.807, 2.05) is 0 Å². The third-order valence-electron chi connectivity index (χ3n) is 1.52. The highest BCUT2D eigenvalue weighted by Crippen LogP contribution is 2.02. The van der Waals surface area contributed by atoms with Crippen LogP contribution in [0.25, 0.3) is 5.53 Å². The van der Waals surface area contributed by atoms with Gasteiger partial charge in [0.1, 0.15) is 0 Å². The van der Waals surface area contributed by atoms with Crippen molar-refractivity contribution in [1.82, 2.24) is 0 Å². The summed E-state index contributed by atoms with van der Waals surface area (Å²) in [6.07, 6.45) is 8.83. The molecule has 0 atom stereocenters. The Labute approximate surface area is 62.9 Å². The molecule has 0 unspecified atom stereocenters. The van der Waals surface area contributed by atoms with Gasteiger partial charge in [0, 0.05) is 6.42 Å². The maximum Gasteiger partial charge on any atom is 0.257 e. The van der Waals surface area contributed by atoms with Crippen LogP contribution in [0.3, 0.4) is 0 Å². The maximum atomic E-state index is 8.04. The number of hydrogen-bond donors (Lipinski definition) is 0. The molecule has 0 aliphatic carbocycles. The average molecular weight is 140 g/mol. The normalized spacial score (nSPS) is 8.90. The molecule has 0 bridgehead atoms. The second kappa shape index (κ2) is 8.38. The molecule has 2 heteroatoms. The molecule has 0 saturated heterocycles. The highest BCUT2D eigenvalue weighted by molar-refractivity contribution is 5.49. The molecule has 0 spiro atoms. The number of unbranched alkanes of at least 4 members (excludes halogenated alkanes) is 5. The Morgan fingerprint density at radius 3 is 2.50 bits per heavy atom. The summed E-state index contributed by atoms with van der Waals surface area (Å²) in [5.41, 5.74) is 8.04. The van der Waals surface area contributed by atoms with Gasteiger partial charge in [0.15, 0.2) is 0 Å². The van der Waals surface area contributed by atoms with Crippen LogP contribution in [0.1, 0.15) is 45.4 Å². The summed E-state index contributed by atoms with van der Waals surface area (Å²) < 4.78 is 0. The fourth-order valence-corrected chi connectivity index (χ4v) is 0.897. The molecule has 0 aliphatic rings. The van der Waals surface area contributed by atoms with Gasteiger partial charge in [-0.25, -0.2) is 0 Å². The molecule has 10 heavy (non-hydrogen) atoms. The lowest BCUT2D eigenvalue weighted by atomic mass is 10.1. The van der Waals surface area contributed by atoms with Gasteiger partial charge in [-0.05, 0) is 6.42 Å². The van der Waals surface area contributed by atoms with E-state index in [9.17, 15) is 0 Å². The van der Waals surface area contributed by atoms with E-state index in [1.54, 1.807) is 6.21 Å². The summed E-state index contributed by atoms with van der Waals surface area (Å²) in [6, 6.07) is 0. The van der Waals surface area contributed by atoms with Gasteiger partial charge in [-0.15, -0.1) is 0 Å². The largest absolute Gasteiger partial charge is 0.362 e. The Hall–Kier alpha value is -0.620. The molecule has 0 aromatic heterocycles. The first-order valence-corrected chi connectivity index (χ1v) is 4.07. The molecule has 0 amide bonds. The summed E-state index contributed by atoms with van der Waals surface area (Å²) in [7, 11) is 0. The summed E-state index contributed by atoms with van der Waals surface area (Å²) >= 11 is 0. The molecule has 0 radical (unpaired) electrons. The van der Waals surface area contributed by atoms with Crippen LogP contribution in [0, 0.1) is 0 Å². The predicted molar refractivity (Wildman–Crippen MR) is 43.1 cm³/mol. The first kappa shape index (κ1) is 9.38. The van der Waals surface area contributed by atoms with Gasteiger partial charge in [0.25, 0.3) is 6.21 Å². The van der Waals surface area contributed by atoms with Crippen molar-refractivity contribution in [3.8, 4) is 0 Å². The van der Waals surface area contributed by atoms with E-state index in [0.717, 1.165) is 12.8 Å². The van der Waals surface area contributed by atoms with Crippen molar-refractivity contribution in [1.29, 1.82) is 0 Å². The van der Waals surface area contributed by atoms with Crippen LogP contribution in [-0.4, -0.2) is 11.0 Å². The molecule has 0 aromatic rings. The highest BCUT2D eigenvalue weighted by Gasteiger charge is 1.87. The molecule has 0 N–H and O–H groups in total. The number of hydrogen-bond acceptors (Lipinski definition) is 0. The van der Waals surface area contributed by atoms with Crippen molar-refractivity contribution in [2.45, 2.75) is 45.4 Å². The van der Waals surface area contributed by atoms with Gasteiger partial charge in [-0.1, -0.05) is 32.6 Å². The molecule has 2 nitrogen and oxygen atoms in total. The van der Waals surface area contributed by atoms with Gasteiger partial charge < -0.3 is 5.53 Å². The molecular weight excluding hydrogens is 124 g/mol. The second-order valence-electron chi connectivity index (χ2n) is 2.50. The van der Waals surface area contributed by atoms with Crippen molar-refractivity contribution < 1.29 is 4.79 Å². The van der Waals surface area contributed by atoms with Gasteiger partial charge in [-0.2, -0.15) is 4.79 Å². The zero-order valence-corrected chi connectivity index (χ0v) is 6.71. The molecule has 0 heterocycles. The lowest BCUT2D eigenvalue weighted by Crippen LogP contribution is -1.79. The van der Waals surface area contributed by atoms with Crippen molar-refractivity contribution in [2.24, 2.45) is 0 Å². The summed E-state index contributed by atoms with van der Waals surface area (Å²) in [6.45, 7) is 2.20. The van der Waals surface area contributed by atoms with Crippen LogP contribution in [-0.2, 0) is 0 Å². The van der Waals surface area contributed by atoms with E-state index in [4.69, 9.17) is 5.53 Å². The molecule has 0 aliphatic heterocycles. The fourth-order valence-electron chi connectivity index (χ4n) is 0.897. The average Bonchev–Trinajstić information content (AvgIpc) is 1.97. The molecular formula is C8H16N2. The van der Waals surface area contributed by atoms with Crippen LogP contribution in [0.2, 0.25) is 0 Å². The van der Waals surface area contributed by atoms with Crippen LogP contribution in [0.5, 0.6) is 0 Å². The molecule has 58 valence electrons. The van der Waals surface area contributed by atoms with E-state index < -0.39 is 0 Å². The van der Waals surface area contributed by atoms with Crippen LogP contribution >= 0.6 is 0 Å². The summed E-state index contributed by atoms with van der Waals surface area (Å²) in [5, 5.41) is 0. The maximum absolute atomic E-state index is 8.04. The third kappa shape index (κ3) is 7.38. The highest BCUT2D eigenvalue weighted by atomic mass is 14.8. The van der Waals surface area contributed by atoms with Crippen LogP contribution in [0.4, 0.5) is 0 Å². The number of nitrogens with zero attached hydrogens (tertiary/aromatic N) is 2. The zero-order valence-electron chi connectivity index (χ0n) is 6.71. The SMILES string of the molecule is CCCCCCCC=[N+]=[N-]. The second-order valence-corrected chi connectivity index (χ2v) is 2.50. The Morgan fingerprint density at radius 2 is 1.90 bits per heavy atom. The van der Waals surface area contributed by atoms with Gasteiger partial charge in [-0.3, -0.25) is 0 Å². The lowest BCUT2D eigenvalue weighted by molar-refractivity contribution is 0.000735. The zero-order chi connectivity index (χ0) is 7.66. The first-order valence-electron chi connectivity index (χ1n) is 4.07. The Kier molecular flexibility index (Phi) is 7.86. The molecule has 0 aromatic carbocycles. The lowest BCUT2D eigenvalue weighted by Gasteiger charge is -1.92. The van der Waals surface area contributed by atoms with E-state index in [1.165, 1.54) is 25.7 Å². The van der Waals surface area contributed by atoms with Gasteiger partial charge in [0.2, 0.25) is 0 Å². The van der Waals surface area contributed by atoms with E-state index >= 15 is 0 Å². The van der Waals surface area contributed by atoms with E-state index in [2.05, 4.69) is 11.7 Å². The Morgan fingerprint density at radius 1 is 1.20 bits per heavy atom. The quantitative estimate of drug-likeness (QED) is 0.235. The number of rotatable bonds is 6. The van der Waals surface area contributed by atoms with Crippen LogP contribution in [0.15, 0.2) is 0 Å². The van der Waals surface area contributed by atoms with Crippen molar-refractivity contribution in [3.63, 3.8) is 0 Å². The smallest absolute Gasteiger partial charge is 0.257 e. The third-order valence-corrected chi connectivity index (χ3v) is 1.52. The minimum atomic E-state index is 0.917. The molecule has 0 rings (SSSR count). The Bertz CT molecular complexity index is 104. The van der Waals surface area contributed by atoms with E-state index in [0.29, 0.717) is 0 Å². The Balaban J connectivity index is 2.83. The van der Waals surface area contributed by atoms with E-state index in [-0.39, 0.29) is 0 Å². The molecule has 0 fully saturated rings. The minimum absolute atomic E-state index is 0.917. The van der Waals surface area contributed by atoms with Gasteiger partial charge >= 0.3 is 0 Å².